The lowest BCUT2D eigenvalue weighted by Gasteiger charge is -2.08. The summed E-state index contributed by atoms with van der Waals surface area (Å²) in [5.41, 5.74) is 3.21. The molecule has 5 nitrogen and oxygen atoms in total. The first-order valence-corrected chi connectivity index (χ1v) is 8.75. The summed E-state index contributed by atoms with van der Waals surface area (Å²) in [4.78, 5) is 20.5. The molecule has 2 N–H and O–H groups in total. The molecule has 0 unspecified atom stereocenters. The van der Waals surface area contributed by atoms with Crippen molar-refractivity contribution < 1.29 is 9.18 Å². The fourth-order valence-corrected chi connectivity index (χ4v) is 2.65. The molecule has 0 atom stereocenters. The number of carbonyl (C=O) groups excluding carboxylic acids is 1. The van der Waals surface area contributed by atoms with Crippen molar-refractivity contribution >= 4 is 11.9 Å². The zero-order valence-electron chi connectivity index (χ0n) is 15.1. The van der Waals surface area contributed by atoms with Crippen LogP contribution in [-0.2, 0) is 13.0 Å². The zero-order valence-corrected chi connectivity index (χ0v) is 15.1. The highest BCUT2D eigenvalue weighted by molar-refractivity contribution is 5.93. The second-order valence-corrected chi connectivity index (χ2v) is 6.24. The van der Waals surface area contributed by atoms with E-state index in [1.807, 2.05) is 31.2 Å². The van der Waals surface area contributed by atoms with E-state index in [-0.39, 0.29) is 11.7 Å². The van der Waals surface area contributed by atoms with Crippen LogP contribution < -0.4 is 10.6 Å². The van der Waals surface area contributed by atoms with Crippen LogP contribution in [0.15, 0.2) is 60.9 Å². The Morgan fingerprint density at radius 3 is 2.59 bits per heavy atom. The second kappa shape index (κ2) is 8.89. The van der Waals surface area contributed by atoms with Crippen LogP contribution in [0.2, 0.25) is 0 Å². The van der Waals surface area contributed by atoms with Gasteiger partial charge in [-0.15, -0.1) is 0 Å². The Morgan fingerprint density at radius 1 is 1.07 bits per heavy atom. The zero-order chi connectivity index (χ0) is 19.1. The number of hydrogen-bond donors (Lipinski definition) is 2. The minimum Gasteiger partial charge on any atom is -0.354 e. The average molecular weight is 364 g/mol. The van der Waals surface area contributed by atoms with Gasteiger partial charge in [-0.05, 0) is 30.5 Å². The van der Waals surface area contributed by atoms with Crippen molar-refractivity contribution in [2.75, 3.05) is 11.9 Å². The highest BCUT2D eigenvalue weighted by Gasteiger charge is 2.07. The number of aryl methyl sites for hydroxylation is 1. The van der Waals surface area contributed by atoms with Gasteiger partial charge in [-0.3, -0.25) is 4.79 Å². The molecule has 2 aromatic carbocycles. The maximum atomic E-state index is 13.6. The molecule has 0 fully saturated rings. The summed E-state index contributed by atoms with van der Waals surface area (Å²) in [5.74, 6) is -0.0446. The quantitative estimate of drug-likeness (QED) is 0.673. The SMILES string of the molecule is Cc1cccc(CNC(=O)c2cnc(NCCc3ccccc3F)nc2)c1. The lowest BCUT2D eigenvalue weighted by Crippen LogP contribution is -2.23. The lowest BCUT2D eigenvalue weighted by molar-refractivity contribution is 0.0950. The molecule has 0 bridgehead atoms. The molecule has 0 aliphatic carbocycles. The van der Waals surface area contributed by atoms with Crippen molar-refractivity contribution in [3.63, 3.8) is 0 Å². The van der Waals surface area contributed by atoms with Crippen LogP contribution in [0.3, 0.4) is 0 Å². The predicted molar refractivity (Wildman–Crippen MR) is 103 cm³/mol. The minimum absolute atomic E-state index is 0.221. The first kappa shape index (κ1) is 18.5. The Kier molecular flexibility index (Phi) is 6.10. The van der Waals surface area contributed by atoms with Crippen LogP contribution in [0, 0.1) is 12.7 Å². The first-order chi connectivity index (χ1) is 13.1. The second-order valence-electron chi connectivity index (χ2n) is 6.24. The Labute approximate surface area is 157 Å². The van der Waals surface area contributed by atoms with E-state index in [0.29, 0.717) is 36.6 Å². The fraction of sp³-hybridized carbons (Fsp3) is 0.190. The highest BCUT2D eigenvalue weighted by Crippen LogP contribution is 2.08. The third-order valence-corrected chi connectivity index (χ3v) is 4.08. The van der Waals surface area contributed by atoms with Crippen LogP contribution in [-0.4, -0.2) is 22.4 Å². The van der Waals surface area contributed by atoms with Gasteiger partial charge in [0.15, 0.2) is 0 Å². The number of hydrogen-bond acceptors (Lipinski definition) is 4. The smallest absolute Gasteiger partial charge is 0.254 e. The normalized spacial score (nSPS) is 10.4. The average Bonchev–Trinajstić information content (AvgIpc) is 2.68. The highest BCUT2D eigenvalue weighted by atomic mass is 19.1. The number of nitrogens with zero attached hydrogens (tertiary/aromatic N) is 2. The van der Waals surface area contributed by atoms with E-state index in [2.05, 4.69) is 20.6 Å². The molecule has 1 aromatic heterocycles. The molecule has 1 heterocycles. The number of nitrogens with one attached hydrogen (secondary N) is 2. The van der Waals surface area contributed by atoms with Crippen molar-refractivity contribution in [1.29, 1.82) is 0 Å². The van der Waals surface area contributed by atoms with E-state index in [1.165, 1.54) is 18.5 Å². The van der Waals surface area contributed by atoms with E-state index >= 15 is 0 Å². The molecule has 3 rings (SSSR count). The lowest BCUT2D eigenvalue weighted by atomic mass is 10.1. The molecule has 0 aliphatic rings. The molecular weight excluding hydrogens is 343 g/mol. The summed E-state index contributed by atoms with van der Waals surface area (Å²) in [6.45, 7) is 2.96. The van der Waals surface area contributed by atoms with Gasteiger partial charge in [0.25, 0.3) is 5.91 Å². The van der Waals surface area contributed by atoms with Crippen LogP contribution in [0.25, 0.3) is 0 Å². The Balaban J connectivity index is 1.49. The summed E-state index contributed by atoms with van der Waals surface area (Å²) in [6, 6.07) is 14.6. The maximum absolute atomic E-state index is 13.6. The van der Waals surface area contributed by atoms with Gasteiger partial charge in [0.1, 0.15) is 5.82 Å². The number of rotatable bonds is 7. The molecule has 27 heavy (non-hydrogen) atoms. The van der Waals surface area contributed by atoms with Gasteiger partial charge in [-0.1, -0.05) is 48.0 Å². The molecule has 0 saturated heterocycles. The third kappa shape index (κ3) is 5.34. The number of carbonyl (C=O) groups is 1. The maximum Gasteiger partial charge on any atom is 0.254 e. The van der Waals surface area contributed by atoms with Gasteiger partial charge in [0, 0.05) is 25.5 Å². The monoisotopic (exact) mass is 364 g/mol. The van der Waals surface area contributed by atoms with E-state index in [9.17, 15) is 9.18 Å². The molecular formula is C21H21FN4O. The Hall–Kier alpha value is -3.28. The number of anilines is 1. The van der Waals surface area contributed by atoms with Gasteiger partial charge in [-0.25, -0.2) is 14.4 Å². The number of aromatic nitrogens is 2. The molecule has 0 spiro atoms. The number of amides is 1. The molecule has 1 amide bonds. The van der Waals surface area contributed by atoms with E-state index in [4.69, 9.17) is 0 Å². The van der Waals surface area contributed by atoms with Gasteiger partial charge >= 0.3 is 0 Å². The standard InChI is InChI=1S/C21H21FN4O/c1-15-5-4-6-16(11-15)12-24-20(27)18-13-25-21(26-14-18)23-10-9-17-7-2-3-8-19(17)22/h2-8,11,13-14H,9-10,12H2,1H3,(H,24,27)(H,23,25,26). The van der Waals surface area contributed by atoms with Crippen LogP contribution >= 0.6 is 0 Å². The largest absolute Gasteiger partial charge is 0.354 e. The summed E-state index contributed by atoms with van der Waals surface area (Å²) in [5, 5.41) is 5.88. The Morgan fingerprint density at radius 2 is 1.85 bits per heavy atom. The van der Waals surface area contributed by atoms with Crippen molar-refractivity contribution in [2.24, 2.45) is 0 Å². The van der Waals surface area contributed by atoms with Gasteiger partial charge in [-0.2, -0.15) is 0 Å². The molecule has 138 valence electrons. The van der Waals surface area contributed by atoms with E-state index in [0.717, 1.165) is 11.1 Å². The first-order valence-electron chi connectivity index (χ1n) is 8.75. The van der Waals surface area contributed by atoms with Crippen molar-refractivity contribution in [1.82, 2.24) is 15.3 Å². The third-order valence-electron chi connectivity index (χ3n) is 4.08. The number of halogens is 1. The topological polar surface area (TPSA) is 66.9 Å². The summed E-state index contributed by atoms with van der Waals surface area (Å²) < 4.78 is 13.6. The van der Waals surface area contributed by atoms with E-state index in [1.54, 1.807) is 18.2 Å². The minimum atomic E-state index is -0.227. The molecule has 3 aromatic rings. The fourth-order valence-electron chi connectivity index (χ4n) is 2.65. The van der Waals surface area contributed by atoms with E-state index < -0.39 is 0 Å². The van der Waals surface area contributed by atoms with Crippen LogP contribution in [0.4, 0.5) is 10.3 Å². The molecule has 0 radical (unpaired) electrons. The molecule has 6 heteroatoms. The Bertz CT molecular complexity index is 912. The summed E-state index contributed by atoms with van der Waals surface area (Å²) in [6.07, 6.45) is 3.47. The van der Waals surface area contributed by atoms with Crippen molar-refractivity contribution in [2.45, 2.75) is 19.9 Å². The summed E-state index contributed by atoms with van der Waals surface area (Å²) in [7, 11) is 0. The predicted octanol–water partition coefficient (Wildman–Crippen LogP) is 3.51. The van der Waals surface area contributed by atoms with Crippen LogP contribution in [0.5, 0.6) is 0 Å². The summed E-state index contributed by atoms with van der Waals surface area (Å²) >= 11 is 0. The van der Waals surface area contributed by atoms with Gasteiger partial charge < -0.3 is 10.6 Å². The van der Waals surface area contributed by atoms with Gasteiger partial charge in [0.2, 0.25) is 5.95 Å². The van der Waals surface area contributed by atoms with Crippen LogP contribution in [0.1, 0.15) is 27.0 Å². The van der Waals surface area contributed by atoms with Crippen molar-refractivity contribution in [3.8, 4) is 0 Å². The van der Waals surface area contributed by atoms with Crippen molar-refractivity contribution in [3.05, 3.63) is 89.0 Å². The molecule has 0 saturated carbocycles. The molecule has 0 aliphatic heterocycles. The van der Waals surface area contributed by atoms with Gasteiger partial charge in [0.05, 0.1) is 5.56 Å². The number of benzene rings is 2.